The van der Waals surface area contributed by atoms with Crippen LogP contribution in [0, 0.1) is 18.6 Å². The number of imidazole rings is 1. The van der Waals surface area contributed by atoms with Gasteiger partial charge >= 0.3 is 0 Å². The molecule has 0 fully saturated rings. The van der Waals surface area contributed by atoms with E-state index in [1.165, 1.54) is 12.1 Å². The second kappa shape index (κ2) is 3.87. The first-order valence-electron chi connectivity index (χ1n) is 5.41. The summed E-state index contributed by atoms with van der Waals surface area (Å²) in [6, 6.07) is 5.14. The molecule has 1 N–H and O–H groups in total. The van der Waals surface area contributed by atoms with Crippen LogP contribution in [0.1, 0.15) is 5.56 Å². The average Bonchev–Trinajstić information content (AvgIpc) is 2.73. The van der Waals surface area contributed by atoms with Gasteiger partial charge in [0.1, 0.15) is 17.5 Å². The third kappa shape index (κ3) is 1.73. The first-order chi connectivity index (χ1) is 8.63. The van der Waals surface area contributed by atoms with Gasteiger partial charge in [-0.2, -0.15) is 0 Å². The van der Waals surface area contributed by atoms with Crippen molar-refractivity contribution in [1.29, 1.82) is 0 Å². The molecule has 18 heavy (non-hydrogen) atoms. The highest BCUT2D eigenvalue weighted by molar-refractivity contribution is 5.78. The Bertz CT molecular complexity index is 714. The molecule has 3 nitrogen and oxygen atoms in total. The number of hydrogen-bond acceptors (Lipinski definition) is 2. The molecule has 0 aliphatic carbocycles. The van der Waals surface area contributed by atoms with Crippen molar-refractivity contribution in [3.63, 3.8) is 0 Å². The van der Waals surface area contributed by atoms with Crippen LogP contribution in [0.15, 0.2) is 30.5 Å². The van der Waals surface area contributed by atoms with Crippen LogP contribution in [0.5, 0.6) is 0 Å². The molecule has 90 valence electrons. The van der Waals surface area contributed by atoms with Crippen molar-refractivity contribution in [3.05, 3.63) is 47.7 Å². The van der Waals surface area contributed by atoms with Gasteiger partial charge in [-0.05, 0) is 30.7 Å². The molecule has 0 bridgehead atoms. The first kappa shape index (κ1) is 10.8. The van der Waals surface area contributed by atoms with Crippen LogP contribution >= 0.6 is 0 Å². The molecule has 3 aromatic rings. The average molecular weight is 245 g/mol. The molecular formula is C13H9F2N3. The summed E-state index contributed by atoms with van der Waals surface area (Å²) in [7, 11) is 0. The van der Waals surface area contributed by atoms with Gasteiger partial charge in [0, 0.05) is 17.8 Å². The number of aryl methyl sites for hydroxylation is 1. The Hall–Kier alpha value is -2.30. The van der Waals surface area contributed by atoms with Crippen molar-refractivity contribution in [2.24, 2.45) is 0 Å². The van der Waals surface area contributed by atoms with Crippen molar-refractivity contribution in [3.8, 4) is 11.4 Å². The third-order valence-corrected chi connectivity index (χ3v) is 2.74. The minimum atomic E-state index is -0.630. The Morgan fingerprint density at radius 1 is 1.11 bits per heavy atom. The number of H-pyrrole nitrogens is 1. The van der Waals surface area contributed by atoms with E-state index in [9.17, 15) is 8.78 Å². The van der Waals surface area contributed by atoms with Crippen LogP contribution < -0.4 is 0 Å². The zero-order valence-corrected chi connectivity index (χ0v) is 9.54. The molecule has 0 saturated heterocycles. The van der Waals surface area contributed by atoms with Crippen molar-refractivity contribution in [1.82, 2.24) is 15.0 Å². The largest absolute Gasteiger partial charge is 0.336 e. The monoisotopic (exact) mass is 245 g/mol. The van der Waals surface area contributed by atoms with Gasteiger partial charge in [-0.3, -0.25) is 0 Å². The zero-order valence-electron chi connectivity index (χ0n) is 9.54. The number of aromatic nitrogens is 3. The van der Waals surface area contributed by atoms with E-state index in [-0.39, 0.29) is 0 Å². The lowest BCUT2D eigenvalue weighted by atomic mass is 10.2. The van der Waals surface area contributed by atoms with E-state index in [4.69, 9.17) is 0 Å². The fraction of sp³-hybridized carbons (Fsp3) is 0.0769. The van der Waals surface area contributed by atoms with Crippen LogP contribution in [0.2, 0.25) is 0 Å². The lowest BCUT2D eigenvalue weighted by Crippen LogP contribution is -1.85. The summed E-state index contributed by atoms with van der Waals surface area (Å²) in [5.74, 6) is -0.851. The molecule has 3 rings (SSSR count). The molecule has 0 atom stereocenters. The number of fused-ring (bicyclic) bond motifs is 1. The van der Waals surface area contributed by atoms with Gasteiger partial charge in [-0.15, -0.1) is 0 Å². The molecule has 2 aromatic heterocycles. The fourth-order valence-corrected chi connectivity index (χ4v) is 1.86. The molecular weight excluding hydrogens is 236 g/mol. The Kier molecular flexibility index (Phi) is 2.33. The third-order valence-electron chi connectivity index (χ3n) is 2.74. The number of nitrogens with zero attached hydrogens (tertiary/aromatic N) is 2. The fourth-order valence-electron chi connectivity index (χ4n) is 1.86. The molecule has 5 heteroatoms. The normalized spacial score (nSPS) is 11.1. The number of nitrogens with one attached hydrogen (secondary N) is 1. The molecule has 0 aliphatic rings. The highest BCUT2D eigenvalue weighted by Crippen LogP contribution is 2.22. The zero-order chi connectivity index (χ0) is 12.7. The molecule has 0 radical (unpaired) electrons. The van der Waals surface area contributed by atoms with Crippen molar-refractivity contribution >= 4 is 11.2 Å². The number of halogens is 2. The molecule has 0 spiro atoms. The standard InChI is InChI=1S/C13H9F2N3/c1-7-2-3-16-13-11(7)17-12(18-13)8-4-9(14)6-10(15)5-8/h2-6H,1H3,(H,16,17,18). The number of aromatic amines is 1. The highest BCUT2D eigenvalue weighted by Gasteiger charge is 2.09. The highest BCUT2D eigenvalue weighted by atomic mass is 19.1. The predicted molar refractivity (Wildman–Crippen MR) is 64.0 cm³/mol. The van der Waals surface area contributed by atoms with Gasteiger partial charge in [0.25, 0.3) is 0 Å². The molecule has 0 amide bonds. The second-order valence-corrected chi connectivity index (χ2v) is 4.07. The van der Waals surface area contributed by atoms with E-state index in [1.54, 1.807) is 6.20 Å². The molecule has 0 unspecified atom stereocenters. The summed E-state index contributed by atoms with van der Waals surface area (Å²) in [5.41, 5.74) is 2.66. The van der Waals surface area contributed by atoms with Crippen LogP contribution in [-0.2, 0) is 0 Å². The maximum Gasteiger partial charge on any atom is 0.178 e. The van der Waals surface area contributed by atoms with Gasteiger partial charge in [-0.25, -0.2) is 18.7 Å². The van der Waals surface area contributed by atoms with E-state index in [1.807, 2.05) is 13.0 Å². The summed E-state index contributed by atoms with van der Waals surface area (Å²) in [6.07, 6.45) is 1.65. The first-order valence-corrected chi connectivity index (χ1v) is 5.41. The minimum absolute atomic E-state index is 0.366. The Balaban J connectivity index is 2.22. The summed E-state index contributed by atoms with van der Waals surface area (Å²) in [6.45, 7) is 1.91. The summed E-state index contributed by atoms with van der Waals surface area (Å²) < 4.78 is 26.3. The Morgan fingerprint density at radius 2 is 1.83 bits per heavy atom. The topological polar surface area (TPSA) is 41.6 Å². The summed E-state index contributed by atoms with van der Waals surface area (Å²) >= 11 is 0. The Morgan fingerprint density at radius 3 is 2.50 bits per heavy atom. The van der Waals surface area contributed by atoms with Gasteiger partial charge in [-0.1, -0.05) is 0 Å². The SMILES string of the molecule is Cc1ccnc2nc(-c3cc(F)cc(F)c3)[nH]c12. The van der Waals surface area contributed by atoms with Crippen LogP contribution in [0.4, 0.5) is 8.78 Å². The van der Waals surface area contributed by atoms with Gasteiger partial charge < -0.3 is 4.98 Å². The minimum Gasteiger partial charge on any atom is -0.336 e. The van der Waals surface area contributed by atoms with E-state index >= 15 is 0 Å². The van der Waals surface area contributed by atoms with Crippen molar-refractivity contribution in [2.45, 2.75) is 6.92 Å². The van der Waals surface area contributed by atoms with E-state index in [0.29, 0.717) is 17.0 Å². The lowest BCUT2D eigenvalue weighted by Gasteiger charge is -1.97. The van der Waals surface area contributed by atoms with Crippen LogP contribution in [-0.4, -0.2) is 15.0 Å². The van der Waals surface area contributed by atoms with Gasteiger partial charge in [0.05, 0.1) is 5.52 Å². The maximum atomic E-state index is 13.2. The number of benzene rings is 1. The molecule has 2 heterocycles. The maximum absolute atomic E-state index is 13.2. The van der Waals surface area contributed by atoms with Gasteiger partial charge in [0.15, 0.2) is 5.65 Å². The van der Waals surface area contributed by atoms with Crippen molar-refractivity contribution in [2.75, 3.05) is 0 Å². The quantitative estimate of drug-likeness (QED) is 0.715. The van der Waals surface area contributed by atoms with Crippen LogP contribution in [0.3, 0.4) is 0 Å². The second-order valence-electron chi connectivity index (χ2n) is 4.07. The van der Waals surface area contributed by atoms with E-state index < -0.39 is 11.6 Å². The number of rotatable bonds is 1. The van der Waals surface area contributed by atoms with E-state index in [0.717, 1.165) is 17.1 Å². The Labute approximate surface area is 102 Å². The van der Waals surface area contributed by atoms with Gasteiger partial charge in [0.2, 0.25) is 0 Å². The molecule has 0 saturated carbocycles. The number of pyridine rings is 1. The van der Waals surface area contributed by atoms with Crippen LogP contribution in [0.25, 0.3) is 22.6 Å². The smallest absolute Gasteiger partial charge is 0.178 e. The molecule has 0 aliphatic heterocycles. The number of hydrogen-bond donors (Lipinski definition) is 1. The lowest BCUT2D eigenvalue weighted by molar-refractivity contribution is 0.584. The van der Waals surface area contributed by atoms with E-state index in [2.05, 4.69) is 15.0 Å². The summed E-state index contributed by atoms with van der Waals surface area (Å²) in [5, 5.41) is 0. The summed E-state index contributed by atoms with van der Waals surface area (Å²) in [4.78, 5) is 11.4. The van der Waals surface area contributed by atoms with Crippen molar-refractivity contribution < 1.29 is 8.78 Å². The molecule has 1 aromatic carbocycles. The predicted octanol–water partition coefficient (Wildman–Crippen LogP) is 3.21.